The van der Waals surface area contributed by atoms with Crippen LogP contribution in [0.2, 0.25) is 5.02 Å². The van der Waals surface area contributed by atoms with Gasteiger partial charge in [0, 0.05) is 23.0 Å². The van der Waals surface area contributed by atoms with E-state index in [0.717, 1.165) is 23.5 Å². The fourth-order valence-corrected chi connectivity index (χ4v) is 3.51. The standard InChI is InChI=1S/C19H18ClN3O2S/c1-4-22-11(2)9-13(12(22)3)10-16-17(24)21-19(26)23(18(16)25)15-7-5-14(20)6-8-15/h5-10H,4H2,1-3H3,(H,21,24,26)/b16-10+. The quantitative estimate of drug-likeness (QED) is 0.497. The third-order valence-corrected chi connectivity index (χ3v) is 4.95. The van der Waals surface area contributed by atoms with Crippen molar-refractivity contribution in [2.75, 3.05) is 4.90 Å². The van der Waals surface area contributed by atoms with E-state index in [-0.39, 0.29) is 10.7 Å². The second-order valence-corrected chi connectivity index (χ2v) is 6.83. The van der Waals surface area contributed by atoms with E-state index in [1.807, 2.05) is 19.9 Å². The third-order valence-electron chi connectivity index (χ3n) is 4.42. The first-order valence-corrected chi connectivity index (χ1v) is 8.96. The number of hydrogen-bond donors (Lipinski definition) is 1. The van der Waals surface area contributed by atoms with Gasteiger partial charge in [-0.15, -0.1) is 0 Å². The molecule has 2 aromatic rings. The number of thiocarbonyl (C=S) groups is 1. The molecule has 1 aromatic carbocycles. The maximum Gasteiger partial charge on any atom is 0.270 e. The van der Waals surface area contributed by atoms with Gasteiger partial charge in [0.1, 0.15) is 5.57 Å². The molecule has 2 amide bonds. The zero-order chi connectivity index (χ0) is 19.0. The number of rotatable bonds is 3. The van der Waals surface area contributed by atoms with Crippen molar-refractivity contribution in [3.63, 3.8) is 0 Å². The minimum Gasteiger partial charge on any atom is -0.349 e. The molecule has 0 unspecified atom stereocenters. The molecular formula is C19H18ClN3O2S. The van der Waals surface area contributed by atoms with Crippen molar-refractivity contribution < 1.29 is 9.59 Å². The molecule has 1 N–H and O–H groups in total. The molecule has 1 aliphatic heterocycles. The Balaban J connectivity index is 2.04. The van der Waals surface area contributed by atoms with E-state index in [1.165, 1.54) is 4.90 Å². The van der Waals surface area contributed by atoms with Gasteiger partial charge in [-0.2, -0.15) is 0 Å². The number of hydrogen-bond acceptors (Lipinski definition) is 3. The summed E-state index contributed by atoms with van der Waals surface area (Å²) < 4.78 is 2.12. The lowest BCUT2D eigenvalue weighted by Gasteiger charge is -2.28. The highest BCUT2D eigenvalue weighted by Gasteiger charge is 2.34. The summed E-state index contributed by atoms with van der Waals surface area (Å²) in [7, 11) is 0. The van der Waals surface area contributed by atoms with Crippen molar-refractivity contribution >= 4 is 52.5 Å². The highest BCUT2D eigenvalue weighted by Crippen LogP contribution is 2.25. The first kappa shape index (κ1) is 18.4. The van der Waals surface area contributed by atoms with Gasteiger partial charge in [0.2, 0.25) is 0 Å². The van der Waals surface area contributed by atoms with Crippen LogP contribution in [-0.2, 0) is 16.1 Å². The number of carbonyl (C=O) groups is 2. The predicted molar refractivity (Wildman–Crippen MR) is 107 cm³/mol. The first-order chi connectivity index (χ1) is 12.3. The number of nitrogens with zero attached hydrogens (tertiary/aromatic N) is 2. The van der Waals surface area contributed by atoms with Gasteiger partial charge in [0.25, 0.3) is 11.8 Å². The number of halogens is 1. The summed E-state index contributed by atoms with van der Waals surface area (Å²) in [5, 5.41) is 3.19. The van der Waals surface area contributed by atoms with Crippen LogP contribution in [0.3, 0.4) is 0 Å². The van der Waals surface area contributed by atoms with Gasteiger partial charge < -0.3 is 4.57 Å². The molecule has 0 radical (unpaired) electrons. The number of benzene rings is 1. The van der Waals surface area contributed by atoms with Crippen molar-refractivity contribution in [2.24, 2.45) is 0 Å². The van der Waals surface area contributed by atoms with E-state index in [9.17, 15) is 9.59 Å². The molecule has 0 aliphatic carbocycles. The monoisotopic (exact) mass is 387 g/mol. The van der Waals surface area contributed by atoms with E-state index in [1.54, 1.807) is 30.3 Å². The molecule has 1 saturated heterocycles. The fourth-order valence-electron chi connectivity index (χ4n) is 3.10. The van der Waals surface area contributed by atoms with Gasteiger partial charge in [0.05, 0.1) is 5.69 Å². The van der Waals surface area contributed by atoms with Crippen molar-refractivity contribution in [3.05, 3.63) is 57.9 Å². The molecular weight excluding hydrogens is 370 g/mol. The van der Waals surface area contributed by atoms with E-state index >= 15 is 0 Å². The molecule has 0 bridgehead atoms. The Labute approximate surface area is 162 Å². The van der Waals surface area contributed by atoms with Crippen molar-refractivity contribution in [2.45, 2.75) is 27.3 Å². The molecule has 0 spiro atoms. The third kappa shape index (κ3) is 3.18. The smallest absolute Gasteiger partial charge is 0.270 e. The lowest BCUT2D eigenvalue weighted by Crippen LogP contribution is -2.54. The summed E-state index contributed by atoms with van der Waals surface area (Å²) in [4.78, 5) is 26.7. The van der Waals surface area contributed by atoms with Crippen LogP contribution in [-0.4, -0.2) is 21.5 Å². The minimum absolute atomic E-state index is 0.0462. The van der Waals surface area contributed by atoms with Crippen LogP contribution in [0.15, 0.2) is 35.9 Å². The Morgan fingerprint density at radius 2 is 1.85 bits per heavy atom. The van der Waals surface area contributed by atoms with Gasteiger partial charge in [-0.05, 0) is 75.0 Å². The van der Waals surface area contributed by atoms with Crippen LogP contribution in [0.1, 0.15) is 23.9 Å². The molecule has 134 valence electrons. The topological polar surface area (TPSA) is 54.3 Å². The number of amides is 2. The second-order valence-electron chi connectivity index (χ2n) is 6.00. The Morgan fingerprint density at radius 3 is 2.42 bits per heavy atom. The van der Waals surface area contributed by atoms with Crippen molar-refractivity contribution in [1.82, 2.24) is 9.88 Å². The summed E-state index contributed by atoms with van der Waals surface area (Å²) >= 11 is 11.1. The molecule has 26 heavy (non-hydrogen) atoms. The van der Waals surface area contributed by atoms with Gasteiger partial charge in [0.15, 0.2) is 5.11 Å². The first-order valence-electron chi connectivity index (χ1n) is 8.17. The Bertz CT molecular complexity index is 944. The molecule has 1 fully saturated rings. The molecule has 1 aromatic heterocycles. The molecule has 2 heterocycles. The van der Waals surface area contributed by atoms with Crippen molar-refractivity contribution in [3.8, 4) is 0 Å². The Morgan fingerprint density at radius 1 is 1.19 bits per heavy atom. The average molecular weight is 388 g/mol. The summed E-state index contributed by atoms with van der Waals surface area (Å²) in [5.41, 5.74) is 3.51. The largest absolute Gasteiger partial charge is 0.349 e. The fraction of sp³-hybridized carbons (Fsp3) is 0.211. The van der Waals surface area contributed by atoms with Crippen molar-refractivity contribution in [1.29, 1.82) is 0 Å². The predicted octanol–water partition coefficient (Wildman–Crippen LogP) is 3.61. The molecule has 5 nitrogen and oxygen atoms in total. The zero-order valence-corrected chi connectivity index (χ0v) is 16.2. The summed E-state index contributed by atoms with van der Waals surface area (Å²) in [6, 6.07) is 8.67. The summed E-state index contributed by atoms with van der Waals surface area (Å²) in [5.74, 6) is -0.950. The molecule has 0 atom stereocenters. The highest BCUT2D eigenvalue weighted by atomic mass is 35.5. The lowest BCUT2D eigenvalue weighted by atomic mass is 10.1. The Kier molecular flexibility index (Phi) is 4.98. The maximum atomic E-state index is 13.0. The van der Waals surface area contributed by atoms with Crippen LogP contribution in [0.25, 0.3) is 6.08 Å². The average Bonchev–Trinajstić information content (AvgIpc) is 2.86. The second kappa shape index (κ2) is 7.05. The number of nitrogens with one attached hydrogen (secondary N) is 1. The normalized spacial score (nSPS) is 16.4. The van der Waals surface area contributed by atoms with E-state index in [0.29, 0.717) is 10.7 Å². The number of anilines is 1. The van der Waals surface area contributed by atoms with Crippen LogP contribution < -0.4 is 10.2 Å². The SMILES string of the molecule is CCn1c(C)cc(/C=C2\C(=O)NC(=S)N(c3ccc(Cl)cc3)C2=O)c1C. The minimum atomic E-state index is -0.494. The van der Waals surface area contributed by atoms with Crippen LogP contribution in [0.5, 0.6) is 0 Å². The zero-order valence-electron chi connectivity index (χ0n) is 14.7. The van der Waals surface area contributed by atoms with Gasteiger partial charge in [-0.3, -0.25) is 19.8 Å². The Hall–Kier alpha value is -2.44. The van der Waals surface area contributed by atoms with Crippen LogP contribution >= 0.6 is 23.8 Å². The van der Waals surface area contributed by atoms with Crippen LogP contribution in [0.4, 0.5) is 5.69 Å². The van der Waals surface area contributed by atoms with Crippen LogP contribution in [0, 0.1) is 13.8 Å². The van der Waals surface area contributed by atoms with E-state index in [4.69, 9.17) is 23.8 Å². The molecule has 7 heteroatoms. The molecule has 1 aliphatic rings. The number of carbonyl (C=O) groups excluding carboxylic acids is 2. The van der Waals surface area contributed by atoms with E-state index < -0.39 is 11.8 Å². The molecule has 0 saturated carbocycles. The van der Waals surface area contributed by atoms with Gasteiger partial charge in [-0.25, -0.2) is 0 Å². The van der Waals surface area contributed by atoms with E-state index in [2.05, 4.69) is 16.8 Å². The maximum absolute atomic E-state index is 13.0. The van der Waals surface area contributed by atoms with Gasteiger partial charge >= 0.3 is 0 Å². The lowest BCUT2D eigenvalue weighted by molar-refractivity contribution is -0.122. The highest BCUT2D eigenvalue weighted by molar-refractivity contribution is 7.80. The van der Waals surface area contributed by atoms with Gasteiger partial charge in [-0.1, -0.05) is 11.6 Å². The molecule has 3 rings (SSSR count). The summed E-state index contributed by atoms with van der Waals surface area (Å²) in [6.07, 6.45) is 1.62. The number of aromatic nitrogens is 1. The summed E-state index contributed by atoms with van der Waals surface area (Å²) in [6.45, 7) is 6.84. The number of aryl methyl sites for hydroxylation is 1.